The quantitative estimate of drug-likeness (QED) is 0.499. The standard InChI is InChI=1S/C21H18N4OS2/c1-13-3-5-16(6-4-13)20-18(28-14(2)23-20)11-19(26)25-21-24-17(12-27-21)15-7-9-22-10-8-15/h3-10,12H,11H2,1-2H3,(H,24,25,26). The Kier molecular flexibility index (Phi) is 5.27. The number of anilines is 1. The van der Waals surface area contributed by atoms with E-state index >= 15 is 0 Å². The lowest BCUT2D eigenvalue weighted by molar-refractivity contribution is -0.115. The molecule has 0 unspecified atom stereocenters. The summed E-state index contributed by atoms with van der Waals surface area (Å²) in [7, 11) is 0. The second-order valence-corrected chi connectivity index (χ2v) is 8.52. The van der Waals surface area contributed by atoms with Crippen molar-refractivity contribution >= 4 is 33.7 Å². The van der Waals surface area contributed by atoms with Crippen molar-refractivity contribution in [1.82, 2.24) is 15.0 Å². The molecule has 1 amide bonds. The molecule has 0 fully saturated rings. The molecule has 1 aromatic carbocycles. The van der Waals surface area contributed by atoms with Crippen LogP contribution < -0.4 is 5.32 Å². The molecular weight excluding hydrogens is 388 g/mol. The van der Waals surface area contributed by atoms with Crippen LogP contribution in [0.25, 0.3) is 22.5 Å². The van der Waals surface area contributed by atoms with Gasteiger partial charge in [-0.15, -0.1) is 22.7 Å². The SMILES string of the molecule is Cc1ccc(-c2nc(C)sc2CC(=O)Nc2nc(-c3ccncc3)cs2)cc1. The predicted octanol–water partition coefficient (Wildman–Crippen LogP) is 5.13. The Bertz CT molecular complexity index is 1100. The highest BCUT2D eigenvalue weighted by atomic mass is 32.1. The average molecular weight is 407 g/mol. The Hall–Kier alpha value is -2.90. The number of thiazole rings is 2. The van der Waals surface area contributed by atoms with Gasteiger partial charge in [0.2, 0.25) is 5.91 Å². The van der Waals surface area contributed by atoms with Gasteiger partial charge >= 0.3 is 0 Å². The zero-order valence-electron chi connectivity index (χ0n) is 15.5. The number of hydrogen-bond acceptors (Lipinski definition) is 6. The summed E-state index contributed by atoms with van der Waals surface area (Å²) in [5.41, 5.74) is 4.92. The molecule has 3 heterocycles. The Labute approximate surface area is 171 Å². The van der Waals surface area contributed by atoms with E-state index in [4.69, 9.17) is 0 Å². The van der Waals surface area contributed by atoms with Crippen LogP contribution >= 0.6 is 22.7 Å². The van der Waals surface area contributed by atoms with Gasteiger partial charge in [-0.05, 0) is 26.0 Å². The number of hydrogen-bond donors (Lipinski definition) is 1. The summed E-state index contributed by atoms with van der Waals surface area (Å²) < 4.78 is 0. The Morgan fingerprint density at radius 3 is 2.50 bits per heavy atom. The Morgan fingerprint density at radius 1 is 1.00 bits per heavy atom. The summed E-state index contributed by atoms with van der Waals surface area (Å²) in [4.78, 5) is 26.7. The molecule has 0 spiro atoms. The van der Waals surface area contributed by atoms with Crippen LogP contribution in [0.1, 0.15) is 15.4 Å². The van der Waals surface area contributed by atoms with Crippen LogP contribution in [0, 0.1) is 13.8 Å². The number of pyridine rings is 1. The van der Waals surface area contributed by atoms with Crippen LogP contribution in [0.2, 0.25) is 0 Å². The van der Waals surface area contributed by atoms with E-state index in [-0.39, 0.29) is 12.3 Å². The number of aryl methyl sites for hydroxylation is 2. The van der Waals surface area contributed by atoms with Crippen LogP contribution in [0.15, 0.2) is 54.2 Å². The molecule has 0 saturated heterocycles. The van der Waals surface area contributed by atoms with Crippen molar-refractivity contribution in [2.45, 2.75) is 20.3 Å². The van der Waals surface area contributed by atoms with E-state index in [0.29, 0.717) is 5.13 Å². The van der Waals surface area contributed by atoms with Crippen molar-refractivity contribution < 1.29 is 4.79 Å². The van der Waals surface area contributed by atoms with Gasteiger partial charge in [-0.25, -0.2) is 9.97 Å². The van der Waals surface area contributed by atoms with Crippen LogP contribution in [0.4, 0.5) is 5.13 Å². The molecule has 1 N–H and O–H groups in total. The third-order valence-electron chi connectivity index (χ3n) is 4.18. The van der Waals surface area contributed by atoms with Gasteiger partial charge in [-0.3, -0.25) is 9.78 Å². The fourth-order valence-corrected chi connectivity index (χ4v) is 4.51. The molecule has 140 valence electrons. The minimum atomic E-state index is -0.0901. The number of nitrogens with zero attached hydrogens (tertiary/aromatic N) is 3. The number of benzene rings is 1. The summed E-state index contributed by atoms with van der Waals surface area (Å²) in [6.45, 7) is 4.02. The van der Waals surface area contributed by atoms with Crippen LogP contribution in [0.5, 0.6) is 0 Å². The second kappa shape index (κ2) is 8.00. The minimum absolute atomic E-state index is 0.0901. The van der Waals surface area contributed by atoms with Crippen molar-refractivity contribution in [3.05, 3.63) is 69.6 Å². The fraction of sp³-hybridized carbons (Fsp3) is 0.143. The van der Waals surface area contributed by atoms with Crippen LogP contribution in [0.3, 0.4) is 0 Å². The molecule has 7 heteroatoms. The number of nitrogens with one attached hydrogen (secondary N) is 1. The highest BCUT2D eigenvalue weighted by Crippen LogP contribution is 2.29. The van der Waals surface area contributed by atoms with Gasteiger partial charge in [0.05, 0.1) is 22.8 Å². The first-order valence-electron chi connectivity index (χ1n) is 8.77. The van der Waals surface area contributed by atoms with Gasteiger partial charge in [-0.2, -0.15) is 0 Å². The van der Waals surface area contributed by atoms with E-state index in [1.54, 1.807) is 23.7 Å². The molecule has 4 aromatic rings. The minimum Gasteiger partial charge on any atom is -0.302 e. The third-order valence-corrected chi connectivity index (χ3v) is 5.91. The van der Waals surface area contributed by atoms with Crippen molar-refractivity contribution in [3.63, 3.8) is 0 Å². The first kappa shape index (κ1) is 18.5. The molecule has 0 aliphatic rings. The smallest absolute Gasteiger partial charge is 0.231 e. The molecule has 5 nitrogen and oxygen atoms in total. The van der Waals surface area contributed by atoms with E-state index in [1.807, 2.05) is 36.6 Å². The molecule has 0 bridgehead atoms. The lowest BCUT2D eigenvalue weighted by atomic mass is 10.1. The molecule has 0 aliphatic carbocycles. The van der Waals surface area contributed by atoms with Gasteiger partial charge in [0.15, 0.2) is 5.13 Å². The summed E-state index contributed by atoms with van der Waals surface area (Å²) in [6, 6.07) is 12.0. The molecule has 0 atom stereocenters. The molecule has 3 aromatic heterocycles. The van der Waals surface area contributed by atoms with Gasteiger partial charge in [-0.1, -0.05) is 29.8 Å². The normalized spacial score (nSPS) is 10.8. The van der Waals surface area contributed by atoms with Crippen LogP contribution in [-0.2, 0) is 11.2 Å². The maximum Gasteiger partial charge on any atom is 0.231 e. The lowest BCUT2D eigenvalue weighted by Gasteiger charge is -2.04. The summed E-state index contributed by atoms with van der Waals surface area (Å²) >= 11 is 2.97. The zero-order valence-corrected chi connectivity index (χ0v) is 17.1. The van der Waals surface area contributed by atoms with Crippen molar-refractivity contribution in [2.24, 2.45) is 0 Å². The number of aromatic nitrogens is 3. The lowest BCUT2D eigenvalue weighted by Crippen LogP contribution is -2.14. The van der Waals surface area contributed by atoms with E-state index in [1.165, 1.54) is 16.9 Å². The maximum atomic E-state index is 12.6. The predicted molar refractivity (Wildman–Crippen MR) is 115 cm³/mol. The molecule has 0 radical (unpaired) electrons. The molecule has 0 aliphatic heterocycles. The van der Waals surface area contributed by atoms with Gasteiger partial charge in [0.25, 0.3) is 0 Å². The fourth-order valence-electron chi connectivity index (χ4n) is 2.82. The number of rotatable bonds is 5. The largest absolute Gasteiger partial charge is 0.302 e. The molecule has 28 heavy (non-hydrogen) atoms. The first-order valence-corrected chi connectivity index (χ1v) is 10.5. The van der Waals surface area contributed by atoms with E-state index in [0.717, 1.165) is 32.4 Å². The number of carbonyl (C=O) groups is 1. The van der Waals surface area contributed by atoms with Gasteiger partial charge in [0.1, 0.15) is 0 Å². The molecule has 0 saturated carbocycles. The monoisotopic (exact) mass is 406 g/mol. The summed E-state index contributed by atoms with van der Waals surface area (Å²) in [6.07, 6.45) is 3.73. The van der Waals surface area contributed by atoms with Crippen molar-refractivity contribution in [1.29, 1.82) is 0 Å². The van der Waals surface area contributed by atoms with E-state index in [2.05, 4.69) is 39.3 Å². The van der Waals surface area contributed by atoms with Gasteiger partial charge < -0.3 is 5.32 Å². The zero-order chi connectivity index (χ0) is 19.5. The topological polar surface area (TPSA) is 67.8 Å². The summed E-state index contributed by atoms with van der Waals surface area (Å²) in [5, 5.41) is 6.38. The highest BCUT2D eigenvalue weighted by molar-refractivity contribution is 7.14. The van der Waals surface area contributed by atoms with E-state index < -0.39 is 0 Å². The van der Waals surface area contributed by atoms with Crippen molar-refractivity contribution in [3.8, 4) is 22.5 Å². The molecular formula is C21H18N4OS2. The maximum absolute atomic E-state index is 12.6. The Balaban J connectivity index is 1.49. The highest BCUT2D eigenvalue weighted by Gasteiger charge is 2.16. The van der Waals surface area contributed by atoms with Crippen LogP contribution in [-0.4, -0.2) is 20.9 Å². The van der Waals surface area contributed by atoms with E-state index in [9.17, 15) is 4.79 Å². The average Bonchev–Trinajstić information content (AvgIpc) is 3.29. The Morgan fingerprint density at radius 2 is 1.75 bits per heavy atom. The number of amides is 1. The number of carbonyl (C=O) groups excluding carboxylic acids is 1. The van der Waals surface area contributed by atoms with Crippen molar-refractivity contribution in [2.75, 3.05) is 5.32 Å². The second-order valence-electron chi connectivity index (χ2n) is 6.37. The third kappa shape index (κ3) is 4.16. The summed E-state index contributed by atoms with van der Waals surface area (Å²) in [5.74, 6) is -0.0901. The molecule has 4 rings (SSSR count). The van der Waals surface area contributed by atoms with Gasteiger partial charge in [0, 0.05) is 33.8 Å². The first-order chi connectivity index (χ1) is 13.6.